The summed E-state index contributed by atoms with van der Waals surface area (Å²) in [5.74, 6) is -0.647. The zero-order valence-corrected chi connectivity index (χ0v) is 11.7. The Bertz CT molecular complexity index is 626. The quantitative estimate of drug-likeness (QED) is 0.853. The van der Waals surface area contributed by atoms with Crippen LogP contribution in [0.4, 0.5) is 13.2 Å². The van der Waals surface area contributed by atoms with Gasteiger partial charge in [0, 0.05) is 17.9 Å². The Hall–Kier alpha value is -1.60. The topological polar surface area (TPSA) is 31.4 Å². The average Bonchev–Trinajstić information content (AvgIpc) is 3.08. The van der Waals surface area contributed by atoms with Crippen LogP contribution in [0.15, 0.2) is 23.6 Å². The highest BCUT2D eigenvalue weighted by Crippen LogP contribution is 2.37. The molecular weight excluding hydrogens is 303 g/mol. The first-order valence-corrected chi connectivity index (χ1v) is 7.30. The molecule has 0 aliphatic carbocycles. The van der Waals surface area contributed by atoms with Gasteiger partial charge in [0.15, 0.2) is 0 Å². The van der Waals surface area contributed by atoms with Gasteiger partial charge in [0.25, 0.3) is 0 Å². The lowest BCUT2D eigenvalue weighted by molar-refractivity contribution is -0.0495. The molecule has 2 aromatic rings. The van der Waals surface area contributed by atoms with E-state index in [1.165, 1.54) is 29.5 Å². The van der Waals surface area contributed by atoms with E-state index >= 15 is 0 Å². The van der Waals surface area contributed by atoms with E-state index in [4.69, 9.17) is 4.74 Å². The Balaban J connectivity index is 1.96. The summed E-state index contributed by atoms with van der Waals surface area (Å²) in [4.78, 5) is 4.36. The molecule has 1 fully saturated rings. The van der Waals surface area contributed by atoms with Crippen molar-refractivity contribution in [3.63, 3.8) is 0 Å². The van der Waals surface area contributed by atoms with E-state index < -0.39 is 12.4 Å². The Morgan fingerprint density at radius 3 is 2.95 bits per heavy atom. The van der Waals surface area contributed by atoms with Crippen LogP contribution in [0.5, 0.6) is 5.75 Å². The molecule has 1 atom stereocenters. The second-order valence-corrected chi connectivity index (χ2v) is 5.49. The Morgan fingerprint density at radius 1 is 1.38 bits per heavy atom. The van der Waals surface area contributed by atoms with Crippen LogP contribution in [0, 0.1) is 5.82 Å². The highest BCUT2D eigenvalue weighted by atomic mass is 32.1. The van der Waals surface area contributed by atoms with Gasteiger partial charge in [-0.05, 0) is 18.6 Å². The number of halogens is 3. The number of ether oxygens (including phenoxy) is 2. The minimum atomic E-state index is -3.01. The largest absolute Gasteiger partial charge is 0.434 e. The van der Waals surface area contributed by atoms with E-state index in [0.29, 0.717) is 18.2 Å². The fourth-order valence-corrected chi connectivity index (χ4v) is 3.21. The van der Waals surface area contributed by atoms with Gasteiger partial charge in [-0.25, -0.2) is 9.37 Å². The number of benzene rings is 1. The smallest absolute Gasteiger partial charge is 0.387 e. The molecule has 1 aromatic carbocycles. The lowest BCUT2D eigenvalue weighted by Crippen LogP contribution is -2.04. The third kappa shape index (κ3) is 3.03. The predicted molar refractivity (Wildman–Crippen MR) is 72.3 cm³/mol. The maximum absolute atomic E-state index is 14.0. The van der Waals surface area contributed by atoms with Crippen molar-refractivity contribution < 1.29 is 22.6 Å². The molecule has 0 unspecified atom stereocenters. The number of thiazole rings is 1. The zero-order chi connectivity index (χ0) is 14.8. The molecule has 1 aliphatic rings. The van der Waals surface area contributed by atoms with Crippen LogP contribution >= 0.6 is 11.3 Å². The molecule has 0 N–H and O–H groups in total. The number of aromatic nitrogens is 1. The van der Waals surface area contributed by atoms with Crippen LogP contribution in [0.3, 0.4) is 0 Å². The summed E-state index contributed by atoms with van der Waals surface area (Å²) in [7, 11) is 0. The normalized spacial score (nSPS) is 18.4. The van der Waals surface area contributed by atoms with Crippen molar-refractivity contribution in [1.29, 1.82) is 0 Å². The summed E-state index contributed by atoms with van der Waals surface area (Å²) < 4.78 is 48.5. The van der Waals surface area contributed by atoms with Gasteiger partial charge in [-0.1, -0.05) is 6.07 Å². The molecule has 3 rings (SSSR count). The first-order chi connectivity index (χ1) is 10.1. The Kier molecular flexibility index (Phi) is 4.12. The highest BCUT2D eigenvalue weighted by molar-refractivity contribution is 7.13. The molecule has 0 amide bonds. The van der Waals surface area contributed by atoms with E-state index in [1.54, 1.807) is 0 Å². The molecule has 0 bridgehead atoms. The summed E-state index contributed by atoms with van der Waals surface area (Å²) in [6.07, 6.45) is 0.862. The van der Waals surface area contributed by atoms with Gasteiger partial charge in [0.2, 0.25) is 0 Å². The SMILES string of the molecule is Fc1cccc(OC(F)F)c1-c1nc([C@H]2CCOC2)cs1. The number of hydrogen-bond donors (Lipinski definition) is 0. The molecule has 3 nitrogen and oxygen atoms in total. The lowest BCUT2D eigenvalue weighted by Gasteiger charge is -2.09. The van der Waals surface area contributed by atoms with Crippen LogP contribution < -0.4 is 4.74 Å². The number of alkyl halides is 2. The van der Waals surface area contributed by atoms with Gasteiger partial charge < -0.3 is 9.47 Å². The number of rotatable bonds is 4. The maximum atomic E-state index is 14.0. The summed E-state index contributed by atoms with van der Waals surface area (Å²) >= 11 is 1.21. The third-order valence-corrected chi connectivity index (χ3v) is 4.15. The van der Waals surface area contributed by atoms with Gasteiger partial charge >= 0.3 is 6.61 Å². The zero-order valence-electron chi connectivity index (χ0n) is 10.9. The van der Waals surface area contributed by atoms with Crippen molar-refractivity contribution in [2.45, 2.75) is 19.0 Å². The molecule has 0 saturated carbocycles. The molecule has 21 heavy (non-hydrogen) atoms. The monoisotopic (exact) mass is 315 g/mol. The van der Waals surface area contributed by atoms with Crippen molar-refractivity contribution in [2.24, 2.45) is 0 Å². The lowest BCUT2D eigenvalue weighted by atomic mass is 10.1. The molecule has 0 spiro atoms. The molecule has 7 heteroatoms. The molecule has 1 saturated heterocycles. The molecule has 1 aliphatic heterocycles. The first-order valence-electron chi connectivity index (χ1n) is 6.42. The number of hydrogen-bond acceptors (Lipinski definition) is 4. The van der Waals surface area contributed by atoms with Crippen molar-refractivity contribution in [3.05, 3.63) is 35.1 Å². The molecule has 112 valence electrons. The van der Waals surface area contributed by atoms with Gasteiger partial charge in [0.1, 0.15) is 16.6 Å². The fraction of sp³-hybridized carbons (Fsp3) is 0.357. The van der Waals surface area contributed by atoms with Crippen LogP contribution in [0.1, 0.15) is 18.0 Å². The van der Waals surface area contributed by atoms with E-state index in [-0.39, 0.29) is 17.2 Å². The van der Waals surface area contributed by atoms with E-state index in [9.17, 15) is 13.2 Å². The van der Waals surface area contributed by atoms with Gasteiger partial charge in [-0.3, -0.25) is 0 Å². The van der Waals surface area contributed by atoms with Crippen molar-refractivity contribution in [2.75, 3.05) is 13.2 Å². The van der Waals surface area contributed by atoms with Crippen molar-refractivity contribution >= 4 is 11.3 Å². The second-order valence-electron chi connectivity index (χ2n) is 4.63. The van der Waals surface area contributed by atoms with E-state index in [0.717, 1.165) is 12.1 Å². The molecule has 1 aromatic heterocycles. The third-order valence-electron chi connectivity index (χ3n) is 3.28. The Labute approximate surface area is 123 Å². The summed E-state index contributed by atoms with van der Waals surface area (Å²) in [5.41, 5.74) is 0.784. The molecule has 2 heterocycles. The minimum absolute atomic E-state index is 0.0204. The summed E-state index contributed by atoms with van der Waals surface area (Å²) in [6.45, 7) is -1.74. The average molecular weight is 315 g/mol. The standard InChI is InChI=1S/C14H12F3NO2S/c15-9-2-1-3-11(20-14(16)17)12(9)13-18-10(7-21-13)8-4-5-19-6-8/h1-3,7-8,14H,4-6H2/t8-/m0/s1. The fourth-order valence-electron chi connectivity index (χ4n) is 2.26. The van der Waals surface area contributed by atoms with E-state index in [2.05, 4.69) is 9.72 Å². The van der Waals surface area contributed by atoms with Gasteiger partial charge in [-0.2, -0.15) is 8.78 Å². The Morgan fingerprint density at radius 2 is 2.24 bits per heavy atom. The molecule has 0 radical (unpaired) electrons. The van der Waals surface area contributed by atoms with Crippen LogP contribution in [-0.2, 0) is 4.74 Å². The van der Waals surface area contributed by atoms with Crippen LogP contribution in [-0.4, -0.2) is 24.8 Å². The van der Waals surface area contributed by atoms with Crippen molar-refractivity contribution in [1.82, 2.24) is 4.98 Å². The summed E-state index contributed by atoms with van der Waals surface area (Å²) in [6, 6.07) is 3.84. The van der Waals surface area contributed by atoms with Gasteiger partial charge in [-0.15, -0.1) is 11.3 Å². The van der Waals surface area contributed by atoms with Gasteiger partial charge in [0.05, 0.1) is 17.9 Å². The highest BCUT2D eigenvalue weighted by Gasteiger charge is 2.23. The molecular formula is C14H12F3NO2S. The van der Waals surface area contributed by atoms with Crippen LogP contribution in [0.2, 0.25) is 0 Å². The number of nitrogens with zero attached hydrogens (tertiary/aromatic N) is 1. The predicted octanol–water partition coefficient (Wildman–Crippen LogP) is 4.05. The maximum Gasteiger partial charge on any atom is 0.387 e. The van der Waals surface area contributed by atoms with Crippen LogP contribution in [0.25, 0.3) is 10.6 Å². The minimum Gasteiger partial charge on any atom is -0.434 e. The second kappa shape index (κ2) is 6.03. The van der Waals surface area contributed by atoms with Crippen molar-refractivity contribution in [3.8, 4) is 16.3 Å². The summed E-state index contributed by atoms with van der Waals surface area (Å²) in [5, 5.41) is 2.15. The van der Waals surface area contributed by atoms with E-state index in [1.807, 2.05) is 5.38 Å². The first kappa shape index (κ1) is 14.3.